The topological polar surface area (TPSA) is 72.7 Å². The normalized spacial score (nSPS) is 9.67. The first-order valence-electron chi connectivity index (χ1n) is 3.48. The molecule has 70 valence electrons. The van der Waals surface area contributed by atoms with Gasteiger partial charge in [0.05, 0.1) is 13.7 Å². The third-order valence-corrected chi connectivity index (χ3v) is 1.12. The zero-order valence-corrected chi connectivity index (χ0v) is 7.31. The summed E-state index contributed by atoms with van der Waals surface area (Å²) in [6, 6.07) is 0. The number of nitrogens with zero attached hydrogens (tertiary/aromatic N) is 2. The molecule has 0 aliphatic heterocycles. The van der Waals surface area contributed by atoms with Crippen molar-refractivity contribution in [2.24, 2.45) is 5.92 Å². The Labute approximate surface area is 70.2 Å². The van der Waals surface area contributed by atoms with E-state index in [1.54, 1.807) is 13.8 Å². The molecular weight excluding hydrogens is 164 g/mol. The van der Waals surface area contributed by atoms with Crippen LogP contribution in [0.25, 0.3) is 0 Å². The van der Waals surface area contributed by atoms with Crippen molar-refractivity contribution < 1.29 is 14.6 Å². The number of carbonyl (C=O) groups is 1. The summed E-state index contributed by atoms with van der Waals surface area (Å²) in [6.07, 6.45) is -0.936. The van der Waals surface area contributed by atoms with Crippen LogP contribution in [0, 0.1) is 16.0 Å². The van der Waals surface area contributed by atoms with Gasteiger partial charge in [-0.25, -0.2) is 14.9 Å². The molecule has 0 bridgehead atoms. The molecule has 0 aliphatic rings. The number of nitro groups is 1. The van der Waals surface area contributed by atoms with Gasteiger partial charge in [0.2, 0.25) is 0 Å². The van der Waals surface area contributed by atoms with Crippen molar-refractivity contribution in [3.63, 3.8) is 0 Å². The third-order valence-electron chi connectivity index (χ3n) is 1.12. The highest BCUT2D eigenvalue weighted by Gasteiger charge is 2.25. The maximum Gasteiger partial charge on any atom is 0.467 e. The van der Waals surface area contributed by atoms with Crippen molar-refractivity contribution in [1.82, 2.24) is 5.01 Å². The second kappa shape index (κ2) is 4.53. The second-order valence-electron chi connectivity index (χ2n) is 2.68. The number of hydrogen-bond donors (Lipinski definition) is 0. The molecule has 0 fully saturated rings. The Morgan fingerprint density at radius 3 is 2.42 bits per heavy atom. The molecule has 0 rings (SSSR count). The fourth-order valence-electron chi connectivity index (χ4n) is 0.659. The molecular formula is C6H12N2O4. The minimum absolute atomic E-state index is 0.0366. The predicted molar refractivity (Wildman–Crippen MR) is 40.9 cm³/mol. The van der Waals surface area contributed by atoms with Crippen molar-refractivity contribution in [3.8, 4) is 0 Å². The summed E-state index contributed by atoms with van der Waals surface area (Å²) in [5.41, 5.74) is 0. The minimum Gasteiger partial charge on any atom is -0.449 e. The van der Waals surface area contributed by atoms with Crippen LogP contribution in [0.5, 0.6) is 0 Å². The number of amides is 1. The van der Waals surface area contributed by atoms with Crippen LogP contribution >= 0.6 is 0 Å². The fourth-order valence-corrected chi connectivity index (χ4v) is 0.659. The monoisotopic (exact) mass is 176 g/mol. The third kappa shape index (κ3) is 3.18. The Hall–Kier alpha value is -1.33. The standard InChI is InChI=1S/C6H12N2O4/c1-5(2)4-7(8(10)11)6(9)12-3/h5H,4H2,1-3H3. The van der Waals surface area contributed by atoms with E-state index in [9.17, 15) is 14.9 Å². The van der Waals surface area contributed by atoms with E-state index in [1.165, 1.54) is 0 Å². The smallest absolute Gasteiger partial charge is 0.449 e. The van der Waals surface area contributed by atoms with E-state index in [0.717, 1.165) is 7.11 Å². The fraction of sp³-hybridized carbons (Fsp3) is 0.833. The molecule has 0 unspecified atom stereocenters. The van der Waals surface area contributed by atoms with Gasteiger partial charge in [0, 0.05) is 0 Å². The van der Waals surface area contributed by atoms with Gasteiger partial charge >= 0.3 is 6.09 Å². The van der Waals surface area contributed by atoms with Gasteiger partial charge < -0.3 is 4.74 Å². The molecule has 0 saturated heterocycles. The Kier molecular flexibility index (Phi) is 4.03. The van der Waals surface area contributed by atoms with E-state index < -0.39 is 11.1 Å². The van der Waals surface area contributed by atoms with Crippen LogP contribution < -0.4 is 0 Å². The summed E-state index contributed by atoms with van der Waals surface area (Å²) in [6.45, 7) is 3.61. The summed E-state index contributed by atoms with van der Waals surface area (Å²) < 4.78 is 4.22. The molecule has 1 amide bonds. The molecule has 0 aromatic heterocycles. The molecule has 0 spiro atoms. The summed E-state index contributed by atoms with van der Waals surface area (Å²) >= 11 is 0. The van der Waals surface area contributed by atoms with E-state index >= 15 is 0 Å². The molecule has 0 radical (unpaired) electrons. The largest absolute Gasteiger partial charge is 0.467 e. The predicted octanol–water partition coefficient (Wildman–Crippen LogP) is 0.902. The molecule has 0 aromatic rings. The van der Waals surface area contributed by atoms with Crippen LogP contribution in [0.2, 0.25) is 0 Å². The zero-order chi connectivity index (χ0) is 9.72. The maximum absolute atomic E-state index is 10.8. The Bertz CT molecular complexity index is 180. The highest BCUT2D eigenvalue weighted by Crippen LogP contribution is 2.00. The Morgan fingerprint density at radius 1 is 1.67 bits per heavy atom. The maximum atomic E-state index is 10.8. The van der Waals surface area contributed by atoms with Gasteiger partial charge in [-0.05, 0) is 10.9 Å². The lowest BCUT2D eigenvalue weighted by atomic mass is 10.2. The van der Waals surface area contributed by atoms with Crippen molar-refractivity contribution in [2.45, 2.75) is 13.8 Å². The molecule has 6 heteroatoms. The van der Waals surface area contributed by atoms with Crippen LogP contribution in [0.3, 0.4) is 0 Å². The lowest BCUT2D eigenvalue weighted by Gasteiger charge is -2.12. The summed E-state index contributed by atoms with van der Waals surface area (Å²) in [5.74, 6) is 0.0366. The minimum atomic E-state index is -0.936. The second-order valence-corrected chi connectivity index (χ2v) is 2.68. The zero-order valence-electron chi connectivity index (χ0n) is 7.31. The van der Waals surface area contributed by atoms with Crippen LogP contribution in [-0.2, 0) is 4.74 Å². The lowest BCUT2D eigenvalue weighted by molar-refractivity contribution is -0.636. The first kappa shape index (κ1) is 10.7. The quantitative estimate of drug-likeness (QED) is 0.473. The SMILES string of the molecule is COC(=O)N(CC(C)C)[N+](=O)[O-]. The van der Waals surface area contributed by atoms with E-state index in [-0.39, 0.29) is 12.5 Å². The molecule has 0 saturated carbocycles. The first-order chi connectivity index (χ1) is 5.49. The van der Waals surface area contributed by atoms with E-state index in [4.69, 9.17) is 0 Å². The Morgan fingerprint density at radius 2 is 2.17 bits per heavy atom. The van der Waals surface area contributed by atoms with Crippen LogP contribution in [0.1, 0.15) is 13.8 Å². The molecule has 0 aromatic carbocycles. The van der Waals surface area contributed by atoms with E-state index in [1.807, 2.05) is 0 Å². The number of hydrogen-bond acceptors (Lipinski definition) is 4. The van der Waals surface area contributed by atoms with Crippen LogP contribution in [0.4, 0.5) is 4.79 Å². The van der Waals surface area contributed by atoms with E-state index in [0.29, 0.717) is 5.01 Å². The van der Waals surface area contributed by atoms with Crippen molar-refractivity contribution >= 4 is 6.09 Å². The summed E-state index contributed by atoms with van der Waals surface area (Å²) in [7, 11) is 1.11. The number of hydrazine groups is 1. The van der Waals surface area contributed by atoms with Crippen molar-refractivity contribution in [2.75, 3.05) is 13.7 Å². The van der Waals surface area contributed by atoms with Gasteiger partial charge in [-0.15, -0.1) is 0 Å². The molecule has 0 N–H and O–H groups in total. The summed E-state index contributed by atoms with van der Waals surface area (Å²) in [4.78, 5) is 21.0. The molecule has 0 atom stereocenters. The summed E-state index contributed by atoms with van der Waals surface area (Å²) in [5, 5.41) is 9.94. The van der Waals surface area contributed by atoms with Gasteiger partial charge in [-0.3, -0.25) is 0 Å². The molecule has 0 aliphatic carbocycles. The first-order valence-corrected chi connectivity index (χ1v) is 3.48. The molecule has 0 heterocycles. The van der Waals surface area contributed by atoms with Gasteiger partial charge in [-0.1, -0.05) is 13.8 Å². The van der Waals surface area contributed by atoms with Crippen LogP contribution in [-0.4, -0.2) is 29.8 Å². The molecule has 6 nitrogen and oxygen atoms in total. The number of ether oxygens (including phenoxy) is 1. The van der Waals surface area contributed by atoms with Gasteiger partial charge in [-0.2, -0.15) is 0 Å². The highest BCUT2D eigenvalue weighted by molar-refractivity contribution is 5.65. The van der Waals surface area contributed by atoms with Crippen LogP contribution in [0.15, 0.2) is 0 Å². The van der Waals surface area contributed by atoms with E-state index in [2.05, 4.69) is 4.74 Å². The number of methoxy groups -OCH3 is 1. The number of carbonyl (C=O) groups excluding carboxylic acids is 1. The highest BCUT2D eigenvalue weighted by atomic mass is 16.7. The average molecular weight is 176 g/mol. The Balaban J connectivity index is 4.23. The van der Waals surface area contributed by atoms with Gasteiger partial charge in [0.25, 0.3) is 0 Å². The lowest BCUT2D eigenvalue weighted by Crippen LogP contribution is -2.38. The average Bonchev–Trinajstić information content (AvgIpc) is 1.98. The number of rotatable bonds is 3. The van der Waals surface area contributed by atoms with Crippen molar-refractivity contribution in [3.05, 3.63) is 10.1 Å². The van der Waals surface area contributed by atoms with Crippen molar-refractivity contribution in [1.29, 1.82) is 0 Å². The molecule has 12 heavy (non-hydrogen) atoms. The van der Waals surface area contributed by atoms with Gasteiger partial charge in [0.15, 0.2) is 5.03 Å². The van der Waals surface area contributed by atoms with Gasteiger partial charge in [0.1, 0.15) is 0 Å².